The summed E-state index contributed by atoms with van der Waals surface area (Å²) in [6, 6.07) is 1.63. The van der Waals surface area contributed by atoms with E-state index < -0.39 is 0 Å². The van der Waals surface area contributed by atoms with Gasteiger partial charge < -0.3 is 5.32 Å². The van der Waals surface area contributed by atoms with Gasteiger partial charge in [-0.15, -0.1) is 0 Å². The second-order valence-electron chi connectivity index (χ2n) is 7.77. The Morgan fingerprint density at radius 1 is 0.778 bits per heavy atom. The van der Waals surface area contributed by atoms with Gasteiger partial charge in [-0.05, 0) is 56.3 Å². The molecule has 0 aromatic carbocycles. The molecule has 1 nitrogen and oxygen atoms in total. The summed E-state index contributed by atoms with van der Waals surface area (Å²) in [6.07, 6.45) is 14.2. The molecular formula is C17H33N. The first-order chi connectivity index (χ1) is 8.55. The molecule has 0 aromatic heterocycles. The molecule has 0 radical (unpaired) electrons. The molecule has 0 heterocycles. The van der Waals surface area contributed by atoms with Crippen LogP contribution in [0.3, 0.4) is 0 Å². The van der Waals surface area contributed by atoms with Crippen LogP contribution < -0.4 is 5.32 Å². The maximum atomic E-state index is 4.00. The van der Waals surface area contributed by atoms with E-state index in [-0.39, 0.29) is 0 Å². The highest BCUT2D eigenvalue weighted by molar-refractivity contribution is 4.83. The summed E-state index contributed by atoms with van der Waals surface area (Å²) in [5, 5.41) is 4.00. The molecule has 1 N–H and O–H groups in total. The van der Waals surface area contributed by atoms with Crippen molar-refractivity contribution in [2.45, 2.75) is 97.1 Å². The highest BCUT2D eigenvalue weighted by atomic mass is 14.9. The van der Waals surface area contributed by atoms with Crippen LogP contribution in [-0.2, 0) is 0 Å². The zero-order valence-corrected chi connectivity index (χ0v) is 12.8. The predicted octanol–water partition coefficient (Wildman–Crippen LogP) is 4.90. The van der Waals surface area contributed by atoms with Gasteiger partial charge in [-0.1, -0.05) is 40.0 Å². The minimum absolute atomic E-state index is 0.592. The predicted molar refractivity (Wildman–Crippen MR) is 79.8 cm³/mol. The molecule has 2 aliphatic carbocycles. The van der Waals surface area contributed by atoms with E-state index in [2.05, 4.69) is 26.1 Å². The Morgan fingerprint density at radius 3 is 2.33 bits per heavy atom. The summed E-state index contributed by atoms with van der Waals surface area (Å²) < 4.78 is 0. The third kappa shape index (κ3) is 4.57. The van der Waals surface area contributed by atoms with Crippen molar-refractivity contribution in [3.63, 3.8) is 0 Å². The Labute approximate surface area is 114 Å². The van der Waals surface area contributed by atoms with Crippen LogP contribution in [0.2, 0.25) is 0 Å². The van der Waals surface area contributed by atoms with Crippen LogP contribution in [0.25, 0.3) is 0 Å². The Balaban J connectivity index is 1.78. The van der Waals surface area contributed by atoms with Crippen molar-refractivity contribution >= 4 is 0 Å². The smallest absolute Gasteiger partial charge is 0.00698 e. The van der Waals surface area contributed by atoms with Crippen molar-refractivity contribution in [3.8, 4) is 0 Å². The van der Waals surface area contributed by atoms with E-state index in [0.29, 0.717) is 5.41 Å². The normalized spacial score (nSPS) is 37.8. The first-order valence-corrected chi connectivity index (χ1v) is 8.31. The molecule has 0 saturated heterocycles. The van der Waals surface area contributed by atoms with Crippen LogP contribution in [-0.4, -0.2) is 12.1 Å². The van der Waals surface area contributed by atoms with Gasteiger partial charge in [-0.25, -0.2) is 0 Å². The van der Waals surface area contributed by atoms with Crippen LogP contribution in [0.15, 0.2) is 0 Å². The summed E-state index contributed by atoms with van der Waals surface area (Å²) in [5.74, 6) is 0.963. The Bertz CT molecular complexity index is 246. The minimum atomic E-state index is 0.592. The number of rotatable bonds is 2. The van der Waals surface area contributed by atoms with Crippen LogP contribution in [0.1, 0.15) is 85.0 Å². The molecular weight excluding hydrogens is 218 g/mol. The molecule has 0 bridgehead atoms. The van der Waals surface area contributed by atoms with Gasteiger partial charge in [0.2, 0.25) is 0 Å². The fraction of sp³-hybridized carbons (Fsp3) is 1.00. The maximum absolute atomic E-state index is 4.00. The van der Waals surface area contributed by atoms with Crippen molar-refractivity contribution < 1.29 is 0 Å². The molecule has 3 unspecified atom stereocenters. The molecule has 0 amide bonds. The standard InChI is InChI=1S/C17H33N/c1-14-6-4-7-15(10-9-14)18-16-8-5-12-17(2,3)13-11-16/h14-16,18H,4-13H2,1-3H3. The quantitative estimate of drug-likeness (QED) is 0.688. The first-order valence-electron chi connectivity index (χ1n) is 8.31. The molecule has 0 aromatic rings. The van der Waals surface area contributed by atoms with Crippen LogP contribution in [0.4, 0.5) is 0 Å². The van der Waals surface area contributed by atoms with Crippen LogP contribution >= 0.6 is 0 Å². The summed E-state index contributed by atoms with van der Waals surface area (Å²) in [6.45, 7) is 7.32. The summed E-state index contributed by atoms with van der Waals surface area (Å²) in [5.41, 5.74) is 0.592. The molecule has 18 heavy (non-hydrogen) atoms. The topological polar surface area (TPSA) is 12.0 Å². The van der Waals surface area contributed by atoms with Gasteiger partial charge in [0, 0.05) is 12.1 Å². The third-order valence-corrected chi connectivity index (χ3v) is 5.30. The maximum Gasteiger partial charge on any atom is 0.00698 e. The monoisotopic (exact) mass is 251 g/mol. The van der Waals surface area contributed by atoms with E-state index in [1.165, 1.54) is 64.2 Å². The van der Waals surface area contributed by atoms with E-state index in [9.17, 15) is 0 Å². The Hall–Kier alpha value is -0.0400. The van der Waals surface area contributed by atoms with Crippen molar-refractivity contribution in [1.29, 1.82) is 0 Å². The fourth-order valence-corrected chi connectivity index (χ4v) is 3.82. The molecule has 2 fully saturated rings. The summed E-state index contributed by atoms with van der Waals surface area (Å²) >= 11 is 0. The van der Waals surface area contributed by atoms with E-state index in [0.717, 1.165) is 18.0 Å². The van der Waals surface area contributed by atoms with Gasteiger partial charge in [0.05, 0.1) is 0 Å². The lowest BCUT2D eigenvalue weighted by atomic mass is 9.85. The average molecular weight is 251 g/mol. The molecule has 3 atom stereocenters. The fourth-order valence-electron chi connectivity index (χ4n) is 3.82. The second-order valence-corrected chi connectivity index (χ2v) is 7.77. The second kappa shape index (κ2) is 6.41. The SMILES string of the molecule is CC1CCCC(NC2CCCC(C)(C)CC2)CC1. The molecule has 2 saturated carbocycles. The van der Waals surface area contributed by atoms with Crippen molar-refractivity contribution in [2.75, 3.05) is 0 Å². The Kier molecular flexibility index (Phi) is 5.12. The lowest BCUT2D eigenvalue weighted by Crippen LogP contribution is -2.37. The Morgan fingerprint density at radius 2 is 1.50 bits per heavy atom. The van der Waals surface area contributed by atoms with Gasteiger partial charge in [-0.3, -0.25) is 0 Å². The molecule has 0 aliphatic heterocycles. The van der Waals surface area contributed by atoms with Gasteiger partial charge in [-0.2, -0.15) is 0 Å². The summed E-state index contributed by atoms with van der Waals surface area (Å²) in [4.78, 5) is 0. The zero-order valence-electron chi connectivity index (χ0n) is 12.8. The average Bonchev–Trinajstić information content (AvgIpc) is 2.59. The first kappa shape index (κ1) is 14.4. The molecule has 0 spiro atoms. The molecule has 1 heteroatoms. The highest BCUT2D eigenvalue weighted by Gasteiger charge is 2.26. The van der Waals surface area contributed by atoms with Gasteiger partial charge in [0.25, 0.3) is 0 Å². The lowest BCUT2D eigenvalue weighted by Gasteiger charge is -2.25. The summed E-state index contributed by atoms with van der Waals surface area (Å²) in [7, 11) is 0. The third-order valence-electron chi connectivity index (χ3n) is 5.30. The van der Waals surface area contributed by atoms with Crippen molar-refractivity contribution in [2.24, 2.45) is 11.3 Å². The number of hydrogen-bond acceptors (Lipinski definition) is 1. The highest BCUT2D eigenvalue weighted by Crippen LogP contribution is 2.34. The van der Waals surface area contributed by atoms with Crippen molar-refractivity contribution in [3.05, 3.63) is 0 Å². The van der Waals surface area contributed by atoms with Crippen LogP contribution in [0.5, 0.6) is 0 Å². The van der Waals surface area contributed by atoms with Gasteiger partial charge in [0.1, 0.15) is 0 Å². The minimum Gasteiger partial charge on any atom is -0.311 e. The molecule has 106 valence electrons. The molecule has 2 aliphatic rings. The number of nitrogens with one attached hydrogen (secondary N) is 1. The van der Waals surface area contributed by atoms with Gasteiger partial charge in [0.15, 0.2) is 0 Å². The van der Waals surface area contributed by atoms with E-state index in [1.54, 1.807) is 0 Å². The van der Waals surface area contributed by atoms with E-state index in [1.807, 2.05) is 0 Å². The number of hydrogen-bond donors (Lipinski definition) is 1. The van der Waals surface area contributed by atoms with E-state index >= 15 is 0 Å². The largest absolute Gasteiger partial charge is 0.311 e. The zero-order chi connectivity index (χ0) is 13.0. The molecule has 2 rings (SSSR count). The van der Waals surface area contributed by atoms with Crippen molar-refractivity contribution in [1.82, 2.24) is 5.32 Å². The van der Waals surface area contributed by atoms with Crippen LogP contribution in [0, 0.1) is 11.3 Å². The van der Waals surface area contributed by atoms with E-state index in [4.69, 9.17) is 0 Å². The van der Waals surface area contributed by atoms with Gasteiger partial charge >= 0.3 is 0 Å². The lowest BCUT2D eigenvalue weighted by molar-refractivity contribution is 0.304.